The van der Waals surface area contributed by atoms with E-state index < -0.39 is 0 Å². The average Bonchev–Trinajstić information content (AvgIpc) is 2.90. The first-order valence-electron chi connectivity index (χ1n) is 4.68. The third kappa shape index (κ3) is 2.83. The molecule has 1 aromatic rings. The fourth-order valence-corrected chi connectivity index (χ4v) is 1.48. The minimum atomic E-state index is -0.255. The Morgan fingerprint density at radius 1 is 1.38 bits per heavy atom. The topological polar surface area (TPSA) is 32.8 Å². The Morgan fingerprint density at radius 2 is 2.08 bits per heavy atom. The zero-order valence-electron chi connectivity index (χ0n) is 7.52. The molecule has 2 heteroatoms. The molecule has 0 radical (unpaired) electrons. The van der Waals surface area contributed by atoms with E-state index in [0.29, 0.717) is 6.10 Å². The molecule has 0 spiro atoms. The maximum atomic E-state index is 9.63. The third-order valence-corrected chi connectivity index (χ3v) is 2.25. The minimum Gasteiger partial charge on any atom is -0.393 e. The van der Waals surface area contributed by atoms with Crippen LogP contribution in [0.15, 0.2) is 30.3 Å². The largest absolute Gasteiger partial charge is 0.393 e. The van der Waals surface area contributed by atoms with Gasteiger partial charge in [0.1, 0.15) is 0 Å². The molecule has 0 aliphatic carbocycles. The van der Waals surface area contributed by atoms with E-state index in [-0.39, 0.29) is 6.10 Å². The molecule has 0 amide bonds. The van der Waals surface area contributed by atoms with Crippen LogP contribution in [-0.2, 0) is 11.2 Å². The van der Waals surface area contributed by atoms with Crippen LogP contribution in [0.3, 0.4) is 0 Å². The van der Waals surface area contributed by atoms with Gasteiger partial charge in [-0.15, -0.1) is 0 Å². The molecule has 2 rings (SSSR count). The lowest BCUT2D eigenvalue weighted by atomic mass is 10.0. The van der Waals surface area contributed by atoms with Crippen molar-refractivity contribution < 1.29 is 9.84 Å². The Kier molecular flexibility index (Phi) is 2.62. The number of aliphatic hydroxyl groups is 1. The summed E-state index contributed by atoms with van der Waals surface area (Å²) in [4.78, 5) is 0. The second-order valence-corrected chi connectivity index (χ2v) is 3.53. The fraction of sp³-hybridized carbons (Fsp3) is 0.455. The quantitative estimate of drug-likeness (QED) is 0.706. The van der Waals surface area contributed by atoms with Crippen molar-refractivity contribution in [3.05, 3.63) is 35.9 Å². The van der Waals surface area contributed by atoms with Gasteiger partial charge in [-0.2, -0.15) is 0 Å². The zero-order valence-corrected chi connectivity index (χ0v) is 7.52. The van der Waals surface area contributed by atoms with Crippen LogP contribution in [-0.4, -0.2) is 23.9 Å². The van der Waals surface area contributed by atoms with Gasteiger partial charge < -0.3 is 9.84 Å². The Bertz CT molecular complexity index is 254. The van der Waals surface area contributed by atoms with E-state index in [1.165, 1.54) is 5.56 Å². The van der Waals surface area contributed by atoms with Crippen molar-refractivity contribution in [1.29, 1.82) is 0 Å². The summed E-state index contributed by atoms with van der Waals surface area (Å²) in [5.41, 5.74) is 1.19. The SMILES string of the molecule is OC(Cc1ccccc1)CC1CO1. The summed E-state index contributed by atoms with van der Waals surface area (Å²) in [5.74, 6) is 0. The van der Waals surface area contributed by atoms with Gasteiger partial charge in [0.2, 0.25) is 0 Å². The minimum absolute atomic E-state index is 0.255. The van der Waals surface area contributed by atoms with Crippen molar-refractivity contribution in [2.24, 2.45) is 0 Å². The van der Waals surface area contributed by atoms with E-state index in [1.54, 1.807) is 0 Å². The first-order valence-corrected chi connectivity index (χ1v) is 4.68. The van der Waals surface area contributed by atoms with Crippen molar-refractivity contribution in [3.63, 3.8) is 0 Å². The Morgan fingerprint density at radius 3 is 2.69 bits per heavy atom. The Hall–Kier alpha value is -0.860. The standard InChI is InChI=1S/C11H14O2/c12-10(7-11-8-13-11)6-9-4-2-1-3-5-9/h1-5,10-12H,6-8H2. The Labute approximate surface area is 78.2 Å². The van der Waals surface area contributed by atoms with E-state index in [4.69, 9.17) is 4.74 Å². The average molecular weight is 178 g/mol. The summed E-state index contributed by atoms with van der Waals surface area (Å²) in [6.07, 6.45) is 1.57. The number of hydrogen-bond donors (Lipinski definition) is 1. The highest BCUT2D eigenvalue weighted by molar-refractivity contribution is 5.15. The second-order valence-electron chi connectivity index (χ2n) is 3.53. The molecular weight excluding hydrogens is 164 g/mol. The monoisotopic (exact) mass is 178 g/mol. The van der Waals surface area contributed by atoms with E-state index in [1.807, 2.05) is 30.3 Å². The number of rotatable bonds is 4. The molecule has 1 aliphatic rings. The smallest absolute Gasteiger partial charge is 0.0834 e. The maximum absolute atomic E-state index is 9.63. The van der Waals surface area contributed by atoms with Crippen LogP contribution < -0.4 is 0 Å². The van der Waals surface area contributed by atoms with E-state index >= 15 is 0 Å². The fourth-order valence-electron chi connectivity index (χ4n) is 1.48. The molecule has 1 heterocycles. The van der Waals surface area contributed by atoms with Gasteiger partial charge in [0.05, 0.1) is 18.8 Å². The predicted octanol–water partition coefficient (Wildman–Crippen LogP) is 1.38. The number of epoxide rings is 1. The van der Waals surface area contributed by atoms with Crippen LogP contribution in [0.1, 0.15) is 12.0 Å². The zero-order chi connectivity index (χ0) is 9.10. The third-order valence-electron chi connectivity index (χ3n) is 2.25. The van der Waals surface area contributed by atoms with E-state index in [9.17, 15) is 5.11 Å². The summed E-state index contributed by atoms with van der Waals surface area (Å²) >= 11 is 0. The lowest BCUT2D eigenvalue weighted by molar-refractivity contribution is 0.152. The molecule has 2 unspecified atom stereocenters. The molecule has 2 nitrogen and oxygen atoms in total. The van der Waals surface area contributed by atoms with Gasteiger partial charge in [0.25, 0.3) is 0 Å². The summed E-state index contributed by atoms with van der Waals surface area (Å²) in [7, 11) is 0. The molecule has 1 aliphatic heterocycles. The van der Waals surface area contributed by atoms with Gasteiger partial charge in [-0.1, -0.05) is 30.3 Å². The molecule has 13 heavy (non-hydrogen) atoms. The molecule has 1 fully saturated rings. The molecule has 0 saturated carbocycles. The molecule has 0 bridgehead atoms. The van der Waals surface area contributed by atoms with Crippen LogP contribution in [0.5, 0.6) is 0 Å². The molecule has 1 aromatic carbocycles. The molecule has 70 valence electrons. The van der Waals surface area contributed by atoms with Crippen molar-refractivity contribution in [2.45, 2.75) is 25.0 Å². The molecule has 0 aromatic heterocycles. The van der Waals surface area contributed by atoms with Gasteiger partial charge in [-0.25, -0.2) is 0 Å². The number of hydrogen-bond acceptors (Lipinski definition) is 2. The highest BCUT2D eigenvalue weighted by Gasteiger charge is 2.25. The van der Waals surface area contributed by atoms with Gasteiger partial charge >= 0.3 is 0 Å². The van der Waals surface area contributed by atoms with Gasteiger partial charge in [0.15, 0.2) is 0 Å². The number of benzene rings is 1. The molecule has 2 atom stereocenters. The molecular formula is C11H14O2. The van der Waals surface area contributed by atoms with Crippen molar-refractivity contribution in [3.8, 4) is 0 Å². The van der Waals surface area contributed by atoms with Crippen molar-refractivity contribution in [2.75, 3.05) is 6.61 Å². The predicted molar refractivity (Wildman–Crippen MR) is 50.5 cm³/mol. The van der Waals surface area contributed by atoms with Crippen LogP contribution in [0, 0.1) is 0 Å². The first-order chi connectivity index (χ1) is 6.34. The van der Waals surface area contributed by atoms with Crippen LogP contribution in [0.2, 0.25) is 0 Å². The molecule has 1 N–H and O–H groups in total. The van der Waals surface area contributed by atoms with E-state index in [2.05, 4.69) is 0 Å². The molecule has 1 saturated heterocycles. The van der Waals surface area contributed by atoms with Gasteiger partial charge in [-0.3, -0.25) is 0 Å². The van der Waals surface area contributed by atoms with Crippen molar-refractivity contribution in [1.82, 2.24) is 0 Å². The van der Waals surface area contributed by atoms with Gasteiger partial charge in [-0.05, 0) is 12.0 Å². The Balaban J connectivity index is 1.82. The van der Waals surface area contributed by atoms with Gasteiger partial charge in [0, 0.05) is 6.42 Å². The lowest BCUT2D eigenvalue weighted by Crippen LogP contribution is -2.13. The summed E-state index contributed by atoms with van der Waals surface area (Å²) in [6, 6.07) is 10.1. The second kappa shape index (κ2) is 3.90. The van der Waals surface area contributed by atoms with Crippen LogP contribution >= 0.6 is 0 Å². The normalized spacial score (nSPS) is 22.7. The highest BCUT2D eigenvalue weighted by atomic mass is 16.6. The lowest BCUT2D eigenvalue weighted by Gasteiger charge is -2.08. The number of aliphatic hydroxyl groups excluding tert-OH is 1. The van der Waals surface area contributed by atoms with Crippen LogP contribution in [0.4, 0.5) is 0 Å². The van der Waals surface area contributed by atoms with Crippen molar-refractivity contribution >= 4 is 0 Å². The summed E-state index contributed by atoms with van der Waals surface area (Å²) in [6.45, 7) is 0.825. The summed E-state index contributed by atoms with van der Waals surface area (Å²) < 4.78 is 5.06. The maximum Gasteiger partial charge on any atom is 0.0834 e. The number of ether oxygens (including phenoxy) is 1. The first kappa shape index (κ1) is 8.73. The summed E-state index contributed by atoms with van der Waals surface area (Å²) in [5, 5.41) is 9.63. The van der Waals surface area contributed by atoms with E-state index in [0.717, 1.165) is 19.4 Å². The highest BCUT2D eigenvalue weighted by Crippen LogP contribution is 2.17. The van der Waals surface area contributed by atoms with Crippen LogP contribution in [0.25, 0.3) is 0 Å².